The fourth-order valence-electron chi connectivity index (χ4n) is 2.99. The van der Waals surface area contributed by atoms with Crippen molar-refractivity contribution in [2.24, 2.45) is 7.05 Å². The van der Waals surface area contributed by atoms with E-state index in [0.717, 1.165) is 11.1 Å². The number of carbonyl (C=O) groups excluding carboxylic acids is 1. The second kappa shape index (κ2) is 10.00. The molecular weight excluding hydrogens is 420 g/mol. The number of aryl methyl sites for hydroxylation is 1. The van der Waals surface area contributed by atoms with Gasteiger partial charge in [0, 0.05) is 7.05 Å². The predicted molar refractivity (Wildman–Crippen MR) is 120 cm³/mol. The van der Waals surface area contributed by atoms with Gasteiger partial charge in [-0.15, -0.1) is 10.2 Å². The van der Waals surface area contributed by atoms with Gasteiger partial charge in [-0.2, -0.15) is 0 Å². The number of thioether (sulfide) groups is 1. The van der Waals surface area contributed by atoms with Gasteiger partial charge < -0.3 is 14.6 Å². The molecule has 1 heterocycles. The molecule has 0 fully saturated rings. The fourth-order valence-corrected chi connectivity index (χ4v) is 3.88. The molecule has 0 radical (unpaired) electrons. The molecule has 158 valence electrons. The minimum atomic E-state index is -0.344. The minimum Gasteiger partial charge on any atom is -0.481 e. The van der Waals surface area contributed by atoms with Crippen LogP contribution in [0.2, 0.25) is 5.02 Å². The lowest BCUT2D eigenvalue weighted by molar-refractivity contribution is -0.119. The fraction of sp³-hybridized carbons (Fsp3) is 0.318. The van der Waals surface area contributed by atoms with Crippen LogP contribution in [0.1, 0.15) is 42.9 Å². The van der Waals surface area contributed by atoms with Crippen LogP contribution in [0.4, 0.5) is 0 Å². The number of nitrogens with one attached hydrogen (secondary N) is 1. The first-order valence-corrected chi connectivity index (χ1v) is 11.0. The zero-order chi connectivity index (χ0) is 21.7. The smallest absolute Gasteiger partial charge is 0.230 e. The zero-order valence-corrected chi connectivity index (χ0v) is 19.0. The molecule has 3 aromatic rings. The molecule has 0 spiro atoms. The van der Waals surface area contributed by atoms with Crippen LogP contribution < -0.4 is 10.1 Å². The van der Waals surface area contributed by atoms with Crippen LogP contribution in [0.3, 0.4) is 0 Å². The third-order valence-electron chi connectivity index (χ3n) is 4.63. The van der Waals surface area contributed by atoms with Crippen molar-refractivity contribution >= 4 is 29.3 Å². The average Bonchev–Trinajstić information content (AvgIpc) is 3.10. The molecule has 0 aliphatic heterocycles. The predicted octanol–water partition coefficient (Wildman–Crippen LogP) is 4.89. The van der Waals surface area contributed by atoms with Crippen LogP contribution in [-0.2, 0) is 11.8 Å². The molecule has 1 aromatic heterocycles. The molecule has 1 N–H and O–H groups in total. The third-order valence-corrected chi connectivity index (χ3v) is 5.96. The standard InChI is InChI=1S/C22H25ClN4O2S/c1-14-10-11-18(23)19(12-14)29-16(3)21-25-26-22(27(21)4)30-13-20(28)24-15(2)17-8-6-5-7-9-17/h5-12,15-16H,13H2,1-4H3,(H,24,28). The number of nitrogens with zero attached hydrogens (tertiary/aromatic N) is 3. The number of hydrogen-bond acceptors (Lipinski definition) is 5. The Morgan fingerprint density at radius 2 is 1.93 bits per heavy atom. The van der Waals surface area contributed by atoms with Gasteiger partial charge in [0.1, 0.15) is 5.75 Å². The summed E-state index contributed by atoms with van der Waals surface area (Å²) in [5.74, 6) is 1.46. The normalized spacial score (nSPS) is 13.0. The molecule has 0 aliphatic rings. The molecule has 8 heteroatoms. The average molecular weight is 445 g/mol. The lowest BCUT2D eigenvalue weighted by atomic mass is 10.1. The Balaban J connectivity index is 1.58. The van der Waals surface area contributed by atoms with Crippen LogP contribution in [0, 0.1) is 6.92 Å². The van der Waals surface area contributed by atoms with Crippen LogP contribution in [0.25, 0.3) is 0 Å². The highest BCUT2D eigenvalue weighted by Crippen LogP contribution is 2.30. The molecule has 0 saturated heterocycles. The maximum atomic E-state index is 12.3. The second-order valence-electron chi connectivity index (χ2n) is 7.08. The van der Waals surface area contributed by atoms with Gasteiger partial charge in [0.15, 0.2) is 17.1 Å². The monoisotopic (exact) mass is 444 g/mol. The van der Waals surface area contributed by atoms with Gasteiger partial charge in [0.05, 0.1) is 16.8 Å². The van der Waals surface area contributed by atoms with Gasteiger partial charge in [0.2, 0.25) is 5.91 Å². The summed E-state index contributed by atoms with van der Waals surface area (Å²) in [6.07, 6.45) is -0.344. The Morgan fingerprint density at radius 3 is 2.67 bits per heavy atom. The summed E-state index contributed by atoms with van der Waals surface area (Å²) in [7, 11) is 1.86. The number of halogens is 1. The van der Waals surface area contributed by atoms with Crippen LogP contribution >= 0.6 is 23.4 Å². The Bertz CT molecular complexity index is 1010. The Hall–Kier alpha value is -2.51. The van der Waals surface area contributed by atoms with Crippen molar-refractivity contribution < 1.29 is 9.53 Å². The van der Waals surface area contributed by atoms with Crippen LogP contribution in [-0.4, -0.2) is 26.4 Å². The first-order valence-electron chi connectivity index (χ1n) is 9.64. The summed E-state index contributed by atoms with van der Waals surface area (Å²) in [5.41, 5.74) is 2.13. The SMILES string of the molecule is Cc1ccc(Cl)c(OC(C)c2nnc(SCC(=O)NC(C)c3ccccc3)n2C)c1. The number of benzene rings is 2. The summed E-state index contributed by atoms with van der Waals surface area (Å²) in [6.45, 7) is 5.84. The molecule has 2 atom stereocenters. The van der Waals surface area contributed by atoms with E-state index in [2.05, 4.69) is 15.5 Å². The van der Waals surface area contributed by atoms with Crippen molar-refractivity contribution in [1.82, 2.24) is 20.1 Å². The summed E-state index contributed by atoms with van der Waals surface area (Å²) >= 11 is 7.56. The number of rotatable bonds is 8. The second-order valence-corrected chi connectivity index (χ2v) is 8.43. The highest BCUT2D eigenvalue weighted by molar-refractivity contribution is 7.99. The number of carbonyl (C=O) groups is 1. The van der Waals surface area contributed by atoms with Gasteiger partial charge in [-0.3, -0.25) is 4.79 Å². The molecule has 2 aromatic carbocycles. The molecule has 0 bridgehead atoms. The van der Waals surface area contributed by atoms with Gasteiger partial charge >= 0.3 is 0 Å². The van der Waals surface area contributed by atoms with E-state index in [1.54, 1.807) is 0 Å². The Kier molecular flexibility index (Phi) is 7.39. The van der Waals surface area contributed by atoms with Crippen molar-refractivity contribution in [2.45, 2.75) is 38.1 Å². The first kappa shape index (κ1) is 22.2. The summed E-state index contributed by atoms with van der Waals surface area (Å²) < 4.78 is 7.83. The van der Waals surface area contributed by atoms with Gasteiger partial charge in [-0.25, -0.2) is 0 Å². The Labute approximate surface area is 186 Å². The lowest BCUT2D eigenvalue weighted by Gasteiger charge is -2.16. The minimum absolute atomic E-state index is 0.0538. The molecule has 6 nitrogen and oxygen atoms in total. The molecule has 0 aliphatic carbocycles. The van der Waals surface area contributed by atoms with E-state index < -0.39 is 0 Å². The molecule has 0 saturated carbocycles. The van der Waals surface area contributed by atoms with Crippen molar-refractivity contribution in [3.8, 4) is 5.75 Å². The summed E-state index contributed by atoms with van der Waals surface area (Å²) in [6, 6.07) is 15.4. The number of amides is 1. The maximum absolute atomic E-state index is 12.3. The molecule has 1 amide bonds. The van der Waals surface area contributed by atoms with Crippen molar-refractivity contribution in [3.63, 3.8) is 0 Å². The van der Waals surface area contributed by atoms with Gasteiger partial charge in [-0.05, 0) is 44.0 Å². The summed E-state index contributed by atoms with van der Waals surface area (Å²) in [5, 5.41) is 12.7. The summed E-state index contributed by atoms with van der Waals surface area (Å²) in [4.78, 5) is 12.3. The van der Waals surface area contributed by atoms with E-state index in [9.17, 15) is 4.79 Å². The van der Waals surface area contributed by atoms with Crippen molar-refractivity contribution in [2.75, 3.05) is 5.75 Å². The zero-order valence-electron chi connectivity index (χ0n) is 17.4. The highest BCUT2D eigenvalue weighted by Gasteiger charge is 2.19. The Morgan fingerprint density at radius 1 is 1.20 bits per heavy atom. The van der Waals surface area contributed by atoms with Gasteiger partial charge in [-0.1, -0.05) is 59.8 Å². The molecule has 30 heavy (non-hydrogen) atoms. The van der Waals surface area contributed by atoms with Crippen LogP contribution in [0.15, 0.2) is 53.7 Å². The molecule has 2 unspecified atom stereocenters. The van der Waals surface area contributed by atoms with E-state index in [4.69, 9.17) is 16.3 Å². The van der Waals surface area contributed by atoms with Crippen molar-refractivity contribution in [3.05, 3.63) is 70.5 Å². The first-order chi connectivity index (χ1) is 14.3. The number of hydrogen-bond donors (Lipinski definition) is 1. The largest absolute Gasteiger partial charge is 0.481 e. The van der Waals surface area contributed by atoms with Gasteiger partial charge in [0.25, 0.3) is 0 Å². The quantitative estimate of drug-likeness (QED) is 0.501. The maximum Gasteiger partial charge on any atom is 0.230 e. The third kappa shape index (κ3) is 5.55. The topological polar surface area (TPSA) is 69.0 Å². The van der Waals surface area contributed by atoms with E-state index in [0.29, 0.717) is 21.8 Å². The van der Waals surface area contributed by atoms with E-state index in [-0.39, 0.29) is 23.8 Å². The highest BCUT2D eigenvalue weighted by atomic mass is 35.5. The van der Waals surface area contributed by atoms with E-state index in [1.807, 2.05) is 80.9 Å². The van der Waals surface area contributed by atoms with E-state index in [1.165, 1.54) is 11.8 Å². The number of aromatic nitrogens is 3. The molecule has 3 rings (SSSR count). The van der Waals surface area contributed by atoms with Crippen LogP contribution in [0.5, 0.6) is 5.75 Å². The van der Waals surface area contributed by atoms with E-state index >= 15 is 0 Å². The van der Waals surface area contributed by atoms with Crippen molar-refractivity contribution in [1.29, 1.82) is 0 Å². The lowest BCUT2D eigenvalue weighted by Crippen LogP contribution is -2.28. The number of ether oxygens (including phenoxy) is 1. The molecular formula is C22H25ClN4O2S.